The lowest BCUT2D eigenvalue weighted by atomic mass is 9.98. The lowest BCUT2D eigenvalue weighted by molar-refractivity contribution is 0.0835. The van der Waals surface area contributed by atoms with Crippen LogP contribution in [0.15, 0.2) is 6.20 Å². The minimum absolute atomic E-state index is 0.398. The molecule has 0 atom stereocenters. The predicted octanol–water partition coefficient (Wildman–Crippen LogP) is 1.95. The van der Waals surface area contributed by atoms with Gasteiger partial charge in [-0.2, -0.15) is 0 Å². The van der Waals surface area contributed by atoms with Crippen LogP contribution in [0.1, 0.15) is 55.6 Å². The normalized spacial score (nSPS) is 17.6. The first-order valence-electron chi connectivity index (χ1n) is 6.36. The second kappa shape index (κ2) is 5.56. The number of hydrogen-bond donors (Lipinski definition) is 1. The molecule has 0 radical (unpaired) electrons. The molecule has 1 aromatic heterocycles. The highest BCUT2D eigenvalue weighted by Crippen LogP contribution is 2.26. The minimum atomic E-state index is 0.398. The summed E-state index contributed by atoms with van der Waals surface area (Å²) in [7, 11) is 0. The Bertz CT molecular complexity index is 373. The van der Waals surface area contributed by atoms with Crippen LogP contribution in [0.5, 0.6) is 0 Å². The lowest BCUT2D eigenvalue weighted by Gasteiger charge is -2.22. The van der Waals surface area contributed by atoms with Gasteiger partial charge in [-0.15, -0.1) is 0 Å². The average molecular weight is 235 g/mol. The second-order valence-corrected chi connectivity index (χ2v) is 4.88. The van der Waals surface area contributed by atoms with Gasteiger partial charge in [0.2, 0.25) is 0 Å². The first kappa shape index (κ1) is 12.5. The number of rotatable bonds is 3. The van der Waals surface area contributed by atoms with Crippen LogP contribution >= 0.6 is 0 Å². The molecule has 94 valence electrons. The average Bonchev–Trinajstić information content (AvgIpc) is 2.39. The summed E-state index contributed by atoms with van der Waals surface area (Å²) >= 11 is 0. The Morgan fingerprint density at radius 2 is 2.12 bits per heavy atom. The zero-order chi connectivity index (χ0) is 12.3. The molecule has 0 aromatic carbocycles. The van der Waals surface area contributed by atoms with Gasteiger partial charge in [0, 0.05) is 37.4 Å². The number of ether oxygens (including phenoxy) is 1. The van der Waals surface area contributed by atoms with Gasteiger partial charge in [0.1, 0.15) is 5.82 Å². The monoisotopic (exact) mass is 235 g/mol. The molecule has 0 saturated carbocycles. The zero-order valence-electron chi connectivity index (χ0n) is 10.6. The van der Waals surface area contributed by atoms with E-state index in [1.54, 1.807) is 0 Å². The SMILES string of the molecule is CC(C)c1nc(C2CCOCC2)ncc1CN. The van der Waals surface area contributed by atoms with Gasteiger partial charge in [-0.25, -0.2) is 9.97 Å². The summed E-state index contributed by atoms with van der Waals surface area (Å²) in [4.78, 5) is 9.19. The van der Waals surface area contributed by atoms with E-state index in [1.807, 2.05) is 6.20 Å². The largest absolute Gasteiger partial charge is 0.381 e. The molecule has 17 heavy (non-hydrogen) atoms. The lowest BCUT2D eigenvalue weighted by Crippen LogP contribution is -2.18. The molecule has 0 spiro atoms. The second-order valence-electron chi connectivity index (χ2n) is 4.88. The molecule has 4 nitrogen and oxygen atoms in total. The number of nitrogens with two attached hydrogens (primary N) is 1. The van der Waals surface area contributed by atoms with Crippen LogP contribution in [0, 0.1) is 0 Å². The van der Waals surface area contributed by atoms with E-state index >= 15 is 0 Å². The van der Waals surface area contributed by atoms with Crippen molar-refractivity contribution < 1.29 is 4.74 Å². The van der Waals surface area contributed by atoms with E-state index in [2.05, 4.69) is 18.8 Å². The van der Waals surface area contributed by atoms with Crippen LogP contribution in [0.2, 0.25) is 0 Å². The molecule has 0 bridgehead atoms. The molecule has 2 heterocycles. The van der Waals surface area contributed by atoms with Crippen molar-refractivity contribution in [3.63, 3.8) is 0 Å². The molecule has 1 aliphatic heterocycles. The van der Waals surface area contributed by atoms with Crippen molar-refractivity contribution in [2.75, 3.05) is 13.2 Å². The fraction of sp³-hybridized carbons (Fsp3) is 0.692. The maximum atomic E-state index is 5.72. The van der Waals surface area contributed by atoms with Crippen molar-refractivity contribution in [3.05, 3.63) is 23.3 Å². The molecule has 1 fully saturated rings. The topological polar surface area (TPSA) is 61.0 Å². The first-order chi connectivity index (χ1) is 8.22. The van der Waals surface area contributed by atoms with Crippen LogP contribution < -0.4 is 5.73 Å². The Labute approximate surface area is 103 Å². The van der Waals surface area contributed by atoms with Gasteiger partial charge in [-0.05, 0) is 18.8 Å². The summed E-state index contributed by atoms with van der Waals surface area (Å²) in [6.45, 7) is 6.46. The van der Waals surface area contributed by atoms with E-state index in [0.29, 0.717) is 18.4 Å². The highest BCUT2D eigenvalue weighted by Gasteiger charge is 2.20. The van der Waals surface area contributed by atoms with E-state index in [4.69, 9.17) is 15.5 Å². The van der Waals surface area contributed by atoms with Gasteiger partial charge >= 0.3 is 0 Å². The van der Waals surface area contributed by atoms with Gasteiger partial charge in [-0.1, -0.05) is 13.8 Å². The third-order valence-electron chi connectivity index (χ3n) is 3.27. The number of nitrogens with zero attached hydrogens (tertiary/aromatic N) is 2. The Hall–Kier alpha value is -1.00. The van der Waals surface area contributed by atoms with Crippen molar-refractivity contribution in [2.24, 2.45) is 5.73 Å². The molecule has 1 aromatic rings. The van der Waals surface area contributed by atoms with E-state index in [1.165, 1.54) is 0 Å². The molecule has 1 aliphatic rings. The summed E-state index contributed by atoms with van der Waals surface area (Å²) < 4.78 is 5.37. The van der Waals surface area contributed by atoms with Crippen LogP contribution in [-0.4, -0.2) is 23.2 Å². The van der Waals surface area contributed by atoms with Crippen molar-refractivity contribution in [2.45, 2.75) is 45.1 Å². The van der Waals surface area contributed by atoms with Crippen LogP contribution in [-0.2, 0) is 11.3 Å². The Balaban J connectivity index is 2.26. The molecule has 0 aliphatic carbocycles. The van der Waals surface area contributed by atoms with E-state index < -0.39 is 0 Å². The van der Waals surface area contributed by atoms with Gasteiger partial charge in [0.05, 0.1) is 5.69 Å². The van der Waals surface area contributed by atoms with Gasteiger partial charge in [-0.3, -0.25) is 0 Å². The van der Waals surface area contributed by atoms with E-state index in [-0.39, 0.29) is 0 Å². The third kappa shape index (κ3) is 2.82. The fourth-order valence-corrected chi connectivity index (χ4v) is 2.24. The molecule has 2 rings (SSSR count). The van der Waals surface area contributed by atoms with Crippen LogP contribution in [0.4, 0.5) is 0 Å². The molecule has 4 heteroatoms. The van der Waals surface area contributed by atoms with Crippen molar-refractivity contribution in [3.8, 4) is 0 Å². The van der Waals surface area contributed by atoms with Crippen LogP contribution in [0.3, 0.4) is 0 Å². The molecular formula is C13H21N3O. The minimum Gasteiger partial charge on any atom is -0.381 e. The number of hydrogen-bond acceptors (Lipinski definition) is 4. The van der Waals surface area contributed by atoms with E-state index in [9.17, 15) is 0 Å². The van der Waals surface area contributed by atoms with Gasteiger partial charge in [0.15, 0.2) is 0 Å². The maximum Gasteiger partial charge on any atom is 0.131 e. The summed E-state index contributed by atoms with van der Waals surface area (Å²) in [6, 6.07) is 0. The summed E-state index contributed by atoms with van der Waals surface area (Å²) in [5.74, 6) is 1.82. The maximum absolute atomic E-state index is 5.72. The Kier molecular flexibility index (Phi) is 4.07. The van der Waals surface area contributed by atoms with Gasteiger partial charge in [0.25, 0.3) is 0 Å². The highest BCUT2D eigenvalue weighted by molar-refractivity contribution is 5.21. The molecular weight excluding hydrogens is 214 g/mol. The highest BCUT2D eigenvalue weighted by atomic mass is 16.5. The van der Waals surface area contributed by atoms with E-state index in [0.717, 1.165) is 43.1 Å². The molecule has 2 N–H and O–H groups in total. The fourth-order valence-electron chi connectivity index (χ4n) is 2.24. The smallest absolute Gasteiger partial charge is 0.131 e. The Morgan fingerprint density at radius 1 is 1.41 bits per heavy atom. The van der Waals surface area contributed by atoms with Crippen LogP contribution in [0.25, 0.3) is 0 Å². The summed E-state index contributed by atoms with van der Waals surface area (Å²) in [6.07, 6.45) is 3.95. The quantitative estimate of drug-likeness (QED) is 0.870. The first-order valence-corrected chi connectivity index (χ1v) is 6.36. The molecule has 1 saturated heterocycles. The molecule has 0 amide bonds. The predicted molar refractivity (Wildman–Crippen MR) is 66.8 cm³/mol. The van der Waals surface area contributed by atoms with Crippen molar-refractivity contribution in [1.29, 1.82) is 0 Å². The Morgan fingerprint density at radius 3 is 2.71 bits per heavy atom. The zero-order valence-corrected chi connectivity index (χ0v) is 10.6. The van der Waals surface area contributed by atoms with Crippen molar-refractivity contribution >= 4 is 0 Å². The summed E-state index contributed by atoms with van der Waals surface area (Å²) in [5, 5.41) is 0. The summed E-state index contributed by atoms with van der Waals surface area (Å²) in [5.41, 5.74) is 7.88. The third-order valence-corrected chi connectivity index (χ3v) is 3.27. The molecule has 0 unspecified atom stereocenters. The number of aromatic nitrogens is 2. The van der Waals surface area contributed by atoms with Crippen molar-refractivity contribution in [1.82, 2.24) is 9.97 Å². The van der Waals surface area contributed by atoms with Gasteiger partial charge < -0.3 is 10.5 Å². The standard InChI is InChI=1S/C13H21N3O/c1-9(2)12-11(7-14)8-15-13(16-12)10-3-5-17-6-4-10/h8-10H,3-7,14H2,1-2H3.